The Bertz CT molecular complexity index is 1020. The highest BCUT2D eigenvalue weighted by Gasteiger charge is 2.28. The first-order valence-electron chi connectivity index (χ1n) is 9.21. The number of carbonyl (C=O) groups is 1. The average Bonchev–Trinajstić information content (AvgIpc) is 3.24. The van der Waals surface area contributed by atoms with Crippen LogP contribution < -0.4 is 5.69 Å². The van der Waals surface area contributed by atoms with Crippen molar-refractivity contribution in [2.24, 2.45) is 0 Å². The molecule has 1 aliphatic rings. The molecule has 1 aromatic carbocycles. The molecule has 0 saturated carbocycles. The van der Waals surface area contributed by atoms with Crippen LogP contribution in [0.15, 0.2) is 23.0 Å². The molecule has 0 radical (unpaired) electrons. The number of nitrogens with zero attached hydrogens (tertiary/aromatic N) is 3. The molecule has 3 heterocycles. The molecule has 0 unspecified atom stereocenters. The summed E-state index contributed by atoms with van der Waals surface area (Å²) < 4.78 is 1.67. The smallest absolute Gasteiger partial charge is 0.343 e. The second kappa shape index (κ2) is 6.88. The zero-order valence-electron chi connectivity index (χ0n) is 15.4. The Labute approximate surface area is 161 Å². The van der Waals surface area contributed by atoms with E-state index in [0.717, 1.165) is 35.1 Å². The summed E-state index contributed by atoms with van der Waals surface area (Å²) in [6.45, 7) is 5.77. The Kier molecular flexibility index (Phi) is 4.55. The number of rotatable bonds is 3. The summed E-state index contributed by atoms with van der Waals surface area (Å²) in [7, 11) is 0. The van der Waals surface area contributed by atoms with Crippen LogP contribution in [-0.2, 0) is 6.54 Å². The number of aromatic nitrogens is 4. The molecule has 0 bridgehead atoms. The van der Waals surface area contributed by atoms with Gasteiger partial charge in [-0.05, 0) is 50.5 Å². The van der Waals surface area contributed by atoms with E-state index < -0.39 is 0 Å². The van der Waals surface area contributed by atoms with E-state index in [0.29, 0.717) is 30.4 Å². The molecule has 1 fully saturated rings. The van der Waals surface area contributed by atoms with Crippen LogP contribution in [0, 0.1) is 6.92 Å². The van der Waals surface area contributed by atoms with Crippen LogP contribution in [0.1, 0.15) is 47.6 Å². The number of benzene rings is 1. The maximum absolute atomic E-state index is 12.9. The Balaban J connectivity index is 1.49. The fraction of sp³-hybridized carbons (Fsp3) is 0.421. The number of aryl methyl sites for hydroxylation is 1. The van der Waals surface area contributed by atoms with Gasteiger partial charge in [-0.1, -0.05) is 11.6 Å². The van der Waals surface area contributed by atoms with E-state index in [9.17, 15) is 9.59 Å². The van der Waals surface area contributed by atoms with E-state index in [-0.39, 0.29) is 17.5 Å². The fourth-order valence-corrected chi connectivity index (χ4v) is 4.01. The Morgan fingerprint density at radius 1 is 1.30 bits per heavy atom. The molecule has 0 spiro atoms. The Morgan fingerprint density at radius 3 is 2.74 bits per heavy atom. The number of carbonyl (C=O) groups excluding carboxylic acids is 1. The first-order valence-corrected chi connectivity index (χ1v) is 9.59. The third-order valence-corrected chi connectivity index (χ3v) is 5.79. The van der Waals surface area contributed by atoms with Crippen molar-refractivity contribution in [3.05, 3.63) is 50.8 Å². The Morgan fingerprint density at radius 2 is 2.04 bits per heavy atom. The highest BCUT2D eigenvalue weighted by Crippen LogP contribution is 2.28. The second-order valence-corrected chi connectivity index (χ2v) is 7.48. The number of likely N-dealkylation sites (tertiary alicyclic amines) is 1. The van der Waals surface area contributed by atoms with Crippen LogP contribution in [-0.4, -0.2) is 43.6 Å². The SMILES string of the molecule is CCn1c(C2CCN(C(=O)c3cc4cc(C)c(Cl)cc4[nH]3)CC2)n[nH]c1=O. The van der Waals surface area contributed by atoms with Gasteiger partial charge in [-0.3, -0.25) is 9.36 Å². The molecule has 3 aromatic rings. The minimum absolute atomic E-state index is 0.00617. The van der Waals surface area contributed by atoms with E-state index in [2.05, 4.69) is 15.2 Å². The van der Waals surface area contributed by atoms with Gasteiger partial charge in [0, 0.05) is 41.5 Å². The molecule has 2 aromatic heterocycles. The summed E-state index contributed by atoms with van der Waals surface area (Å²) in [4.78, 5) is 29.7. The number of hydrogen-bond acceptors (Lipinski definition) is 3. The molecule has 4 rings (SSSR count). The third kappa shape index (κ3) is 3.16. The van der Waals surface area contributed by atoms with Crippen LogP contribution in [0.25, 0.3) is 10.9 Å². The normalized spacial score (nSPS) is 15.6. The third-order valence-electron chi connectivity index (χ3n) is 5.38. The van der Waals surface area contributed by atoms with E-state index >= 15 is 0 Å². The van der Waals surface area contributed by atoms with E-state index in [1.165, 1.54) is 0 Å². The van der Waals surface area contributed by atoms with E-state index in [1.54, 1.807) is 4.57 Å². The van der Waals surface area contributed by atoms with Crippen molar-refractivity contribution >= 4 is 28.4 Å². The maximum atomic E-state index is 12.9. The van der Waals surface area contributed by atoms with Crippen molar-refractivity contribution in [2.75, 3.05) is 13.1 Å². The second-order valence-electron chi connectivity index (χ2n) is 7.07. The standard InChI is InChI=1S/C19H22ClN5O2/c1-3-25-17(22-23-19(25)27)12-4-6-24(7-5-12)18(26)16-9-13-8-11(2)14(20)10-15(13)21-16/h8-10,12,21H,3-7H2,1-2H3,(H,23,27). The van der Waals surface area contributed by atoms with E-state index in [4.69, 9.17) is 11.6 Å². The highest BCUT2D eigenvalue weighted by molar-refractivity contribution is 6.32. The quantitative estimate of drug-likeness (QED) is 0.724. The summed E-state index contributed by atoms with van der Waals surface area (Å²) in [6.07, 6.45) is 1.59. The van der Waals surface area contributed by atoms with Gasteiger partial charge in [0.05, 0.1) is 0 Å². The van der Waals surface area contributed by atoms with Crippen molar-refractivity contribution in [3.8, 4) is 0 Å². The Hall–Kier alpha value is -2.54. The monoisotopic (exact) mass is 387 g/mol. The van der Waals surface area contributed by atoms with Gasteiger partial charge in [-0.15, -0.1) is 0 Å². The molecule has 1 aliphatic heterocycles. The number of amides is 1. The van der Waals surface area contributed by atoms with Crippen LogP contribution in [0.4, 0.5) is 0 Å². The van der Waals surface area contributed by atoms with Gasteiger partial charge in [0.2, 0.25) is 0 Å². The molecule has 142 valence electrons. The molecule has 8 heteroatoms. The molecule has 1 saturated heterocycles. The summed E-state index contributed by atoms with van der Waals surface area (Å²) in [5, 5.41) is 8.39. The molecule has 27 heavy (non-hydrogen) atoms. The van der Waals surface area contributed by atoms with Crippen LogP contribution in [0.5, 0.6) is 0 Å². The van der Waals surface area contributed by atoms with Crippen molar-refractivity contribution < 1.29 is 4.79 Å². The number of nitrogens with one attached hydrogen (secondary N) is 2. The number of fused-ring (bicyclic) bond motifs is 1. The first-order chi connectivity index (χ1) is 13.0. The van der Waals surface area contributed by atoms with Crippen LogP contribution >= 0.6 is 11.6 Å². The highest BCUT2D eigenvalue weighted by atomic mass is 35.5. The van der Waals surface area contributed by atoms with E-state index in [1.807, 2.05) is 36.9 Å². The van der Waals surface area contributed by atoms with Crippen molar-refractivity contribution in [3.63, 3.8) is 0 Å². The minimum atomic E-state index is -0.168. The fourth-order valence-electron chi connectivity index (χ4n) is 3.84. The first kappa shape index (κ1) is 17.9. The molecule has 0 aliphatic carbocycles. The lowest BCUT2D eigenvalue weighted by Gasteiger charge is -2.31. The number of piperidine rings is 1. The van der Waals surface area contributed by atoms with Gasteiger partial charge >= 0.3 is 5.69 Å². The van der Waals surface area contributed by atoms with Crippen molar-refractivity contribution in [1.82, 2.24) is 24.6 Å². The lowest BCUT2D eigenvalue weighted by molar-refractivity contribution is 0.0705. The summed E-state index contributed by atoms with van der Waals surface area (Å²) >= 11 is 6.18. The lowest BCUT2D eigenvalue weighted by atomic mass is 9.95. The topological polar surface area (TPSA) is 86.8 Å². The largest absolute Gasteiger partial charge is 0.350 e. The summed E-state index contributed by atoms with van der Waals surface area (Å²) in [5.74, 6) is 0.982. The molecular formula is C19H22ClN5O2. The van der Waals surface area contributed by atoms with Gasteiger partial charge in [-0.2, -0.15) is 5.10 Å². The zero-order valence-corrected chi connectivity index (χ0v) is 16.1. The van der Waals surface area contributed by atoms with Crippen LogP contribution in [0.3, 0.4) is 0 Å². The maximum Gasteiger partial charge on any atom is 0.343 e. The van der Waals surface area contributed by atoms with Crippen molar-refractivity contribution in [1.29, 1.82) is 0 Å². The van der Waals surface area contributed by atoms with Crippen LogP contribution in [0.2, 0.25) is 5.02 Å². The average molecular weight is 388 g/mol. The summed E-state index contributed by atoms with van der Waals surface area (Å²) in [6, 6.07) is 5.73. The van der Waals surface area contributed by atoms with Gasteiger partial charge < -0.3 is 9.88 Å². The number of aromatic amines is 2. The molecule has 2 N–H and O–H groups in total. The van der Waals surface area contributed by atoms with Crippen molar-refractivity contribution in [2.45, 2.75) is 39.2 Å². The van der Waals surface area contributed by atoms with Gasteiger partial charge in [0.25, 0.3) is 5.91 Å². The number of H-pyrrole nitrogens is 2. The predicted molar refractivity (Wildman–Crippen MR) is 104 cm³/mol. The predicted octanol–water partition coefficient (Wildman–Crippen LogP) is 3.05. The number of hydrogen-bond donors (Lipinski definition) is 2. The minimum Gasteiger partial charge on any atom is -0.350 e. The van der Waals surface area contributed by atoms with Gasteiger partial charge in [-0.25, -0.2) is 9.89 Å². The molecular weight excluding hydrogens is 366 g/mol. The lowest BCUT2D eigenvalue weighted by Crippen LogP contribution is -2.38. The molecule has 0 atom stereocenters. The van der Waals surface area contributed by atoms with Gasteiger partial charge in [0.15, 0.2) is 0 Å². The molecule has 7 nitrogen and oxygen atoms in total. The zero-order chi connectivity index (χ0) is 19.1. The summed E-state index contributed by atoms with van der Waals surface area (Å²) in [5.41, 5.74) is 2.27. The molecule has 1 amide bonds. The van der Waals surface area contributed by atoms with Gasteiger partial charge in [0.1, 0.15) is 11.5 Å². The number of halogens is 1.